The maximum Gasteiger partial charge on any atom is 0.145 e. The van der Waals surface area contributed by atoms with Gasteiger partial charge in [0.1, 0.15) is 29.7 Å². The van der Waals surface area contributed by atoms with Crippen LogP contribution in [-0.2, 0) is 6.42 Å². The first kappa shape index (κ1) is 26.1. The average molecular weight is 571 g/mol. The Morgan fingerprint density at radius 1 is 1.30 bits per heavy atom. The molecule has 2 aliphatic rings. The fourth-order valence-corrected chi connectivity index (χ4v) is 6.24. The number of aromatic amines is 1. The number of hydrogen-bond donors (Lipinski definition) is 4. The van der Waals surface area contributed by atoms with Crippen LogP contribution in [0.2, 0.25) is 0 Å². The lowest BCUT2D eigenvalue weighted by Crippen LogP contribution is -2.46. The van der Waals surface area contributed by atoms with Crippen LogP contribution < -0.4 is 16.4 Å². The second kappa shape index (κ2) is 10.7. The lowest BCUT2D eigenvalue weighted by Gasteiger charge is -2.42. The summed E-state index contributed by atoms with van der Waals surface area (Å²) in [7, 11) is 2.14. The van der Waals surface area contributed by atoms with Crippen molar-refractivity contribution in [2.24, 2.45) is 11.8 Å². The molecule has 0 bridgehead atoms. The van der Waals surface area contributed by atoms with Gasteiger partial charge < -0.3 is 30.4 Å². The molecule has 5 rings (SSSR count). The van der Waals surface area contributed by atoms with Gasteiger partial charge in [-0.1, -0.05) is 28.6 Å². The molecular weight excluding hydrogens is 534 g/mol. The molecule has 0 aromatic carbocycles. The Labute approximate surface area is 225 Å². The molecule has 2 saturated carbocycles. The van der Waals surface area contributed by atoms with Crippen LogP contribution >= 0.6 is 15.9 Å². The zero-order valence-corrected chi connectivity index (χ0v) is 23.0. The van der Waals surface area contributed by atoms with Crippen molar-refractivity contribution in [3.63, 3.8) is 0 Å². The molecular formula is C27H36BrN7O2. The first-order chi connectivity index (χ1) is 17.7. The lowest BCUT2D eigenvalue weighted by molar-refractivity contribution is -0.00658. The molecule has 10 heteroatoms. The predicted molar refractivity (Wildman–Crippen MR) is 149 cm³/mol. The fourth-order valence-electron chi connectivity index (χ4n) is 6.02. The van der Waals surface area contributed by atoms with Crippen molar-refractivity contribution in [1.29, 1.82) is 0 Å². The number of aliphatic hydroxyl groups is 2. The zero-order valence-electron chi connectivity index (χ0n) is 21.4. The van der Waals surface area contributed by atoms with E-state index in [1.807, 2.05) is 35.9 Å². The summed E-state index contributed by atoms with van der Waals surface area (Å²) < 4.78 is 2.75. The number of fused-ring (bicyclic) bond motifs is 1. The largest absolute Gasteiger partial charge is 0.390 e. The Kier molecular flexibility index (Phi) is 7.53. The number of nitrogens with zero attached hydrogens (tertiary/aromatic N) is 5. The van der Waals surface area contributed by atoms with Gasteiger partial charge in [0, 0.05) is 35.6 Å². The number of imidazole rings is 1. The number of allylic oxidation sites excluding steroid dienone is 1. The molecule has 2 aliphatic carbocycles. The van der Waals surface area contributed by atoms with Crippen LogP contribution in [0.25, 0.3) is 23.2 Å². The highest BCUT2D eigenvalue weighted by atomic mass is 79.9. The van der Waals surface area contributed by atoms with E-state index < -0.39 is 12.2 Å². The summed E-state index contributed by atoms with van der Waals surface area (Å²) in [5.41, 5.74) is 6.68. The minimum atomic E-state index is -0.846. The Hall–Kier alpha value is -2.53. The van der Waals surface area contributed by atoms with Gasteiger partial charge in [-0.05, 0) is 57.7 Å². The lowest BCUT2D eigenvalue weighted by atomic mass is 9.76. The van der Waals surface area contributed by atoms with Gasteiger partial charge in [0.15, 0.2) is 0 Å². The average Bonchev–Trinajstić information content (AvgIpc) is 3.50. The predicted octanol–water partition coefficient (Wildman–Crippen LogP) is 1.85. The van der Waals surface area contributed by atoms with Crippen molar-refractivity contribution in [3.05, 3.63) is 46.2 Å². The van der Waals surface area contributed by atoms with Gasteiger partial charge in [0.25, 0.3) is 0 Å². The minimum Gasteiger partial charge on any atom is -0.390 e. The molecule has 9 nitrogen and oxygen atoms in total. The van der Waals surface area contributed by atoms with Crippen molar-refractivity contribution in [2.75, 3.05) is 19.3 Å². The van der Waals surface area contributed by atoms with E-state index in [-0.39, 0.29) is 12.0 Å². The zero-order chi connectivity index (χ0) is 26.3. The Bertz CT molecular complexity index is 1390. The summed E-state index contributed by atoms with van der Waals surface area (Å²) in [6, 6.07) is 2.14. The number of rotatable bonds is 8. The van der Waals surface area contributed by atoms with Gasteiger partial charge in [0.05, 0.1) is 28.2 Å². The SMILES string of the molecule is C=C(Br)/C=c1/nc(CC[C@H]2C[C@@H](N(C)C[C@H]3C[C@@H](n4ccc5c(N)ncnc54)[C@H](O)[C@@H]3O)C2)[nH]/c1=C/C. The van der Waals surface area contributed by atoms with Crippen LogP contribution in [0.3, 0.4) is 0 Å². The Morgan fingerprint density at radius 2 is 2.08 bits per heavy atom. The Balaban J connectivity index is 1.14. The molecule has 2 fully saturated rings. The number of nitrogens with one attached hydrogen (secondary N) is 1. The molecule has 0 amide bonds. The standard InChI is InChI=1S/C27H36BrN7O2/c1-4-20-21(9-15(2)28)33-23(32-20)6-5-16-10-18(11-16)34(3)13-17-12-22(25(37)24(17)36)35-8-7-19-26(29)30-14-31-27(19)35/h4,7-9,14,16-18,22,24-25,36-37H,2,5-6,10-13H2,1,3H3,(H,32,33)(H2,29,30,31)/b20-4+,21-9+/t16-,17-,18+,22-,24-,25+/m1/s1. The first-order valence-electron chi connectivity index (χ1n) is 13.0. The van der Waals surface area contributed by atoms with Crippen molar-refractivity contribution >= 4 is 44.9 Å². The van der Waals surface area contributed by atoms with Crippen LogP contribution in [0.4, 0.5) is 5.82 Å². The summed E-state index contributed by atoms with van der Waals surface area (Å²) in [5.74, 6) is 2.11. The summed E-state index contributed by atoms with van der Waals surface area (Å²) in [5, 5.41) is 24.5. The third-order valence-corrected chi connectivity index (χ3v) is 8.44. The van der Waals surface area contributed by atoms with Crippen LogP contribution in [-0.4, -0.2) is 71.5 Å². The number of anilines is 1. The number of aliphatic hydroxyl groups excluding tert-OH is 2. The molecule has 3 aromatic rings. The molecule has 0 unspecified atom stereocenters. The van der Waals surface area contributed by atoms with Crippen LogP contribution in [0.1, 0.15) is 44.5 Å². The van der Waals surface area contributed by atoms with Crippen LogP contribution in [0.5, 0.6) is 0 Å². The summed E-state index contributed by atoms with van der Waals surface area (Å²) in [6.45, 7) is 6.64. The number of nitrogen functional groups attached to an aromatic ring is 1. The molecule has 0 aliphatic heterocycles. The number of aromatic nitrogens is 5. The Morgan fingerprint density at radius 3 is 2.81 bits per heavy atom. The van der Waals surface area contributed by atoms with Crippen molar-refractivity contribution in [1.82, 2.24) is 29.4 Å². The van der Waals surface area contributed by atoms with E-state index in [0.29, 0.717) is 29.8 Å². The van der Waals surface area contributed by atoms with Gasteiger partial charge in [-0.15, -0.1) is 0 Å². The second-order valence-corrected chi connectivity index (χ2v) is 11.6. The molecule has 5 N–H and O–H groups in total. The highest BCUT2D eigenvalue weighted by molar-refractivity contribution is 9.12. The maximum absolute atomic E-state index is 10.9. The number of aryl methyl sites for hydroxylation is 1. The molecule has 0 saturated heterocycles. The maximum atomic E-state index is 10.9. The van der Waals surface area contributed by atoms with E-state index in [1.165, 1.54) is 6.33 Å². The number of H-pyrrole nitrogens is 1. The molecule has 3 aromatic heterocycles. The van der Waals surface area contributed by atoms with Gasteiger partial charge in [-0.3, -0.25) is 0 Å². The third-order valence-electron chi connectivity index (χ3n) is 8.21. The van der Waals surface area contributed by atoms with E-state index >= 15 is 0 Å². The van der Waals surface area contributed by atoms with Gasteiger partial charge in [-0.2, -0.15) is 0 Å². The van der Waals surface area contributed by atoms with E-state index in [9.17, 15) is 10.2 Å². The summed E-state index contributed by atoms with van der Waals surface area (Å²) >= 11 is 3.39. The topological polar surface area (TPSA) is 129 Å². The quantitative estimate of drug-likeness (QED) is 0.326. The van der Waals surface area contributed by atoms with Crippen molar-refractivity contribution < 1.29 is 10.2 Å². The molecule has 198 valence electrons. The molecule has 0 spiro atoms. The van der Waals surface area contributed by atoms with Crippen LogP contribution in [0, 0.1) is 11.8 Å². The molecule has 4 atom stereocenters. The molecule has 37 heavy (non-hydrogen) atoms. The van der Waals surface area contributed by atoms with Crippen LogP contribution in [0.15, 0.2) is 29.7 Å². The second-order valence-electron chi connectivity index (χ2n) is 10.6. The monoisotopic (exact) mass is 569 g/mol. The molecule has 0 radical (unpaired) electrons. The first-order valence-corrected chi connectivity index (χ1v) is 13.7. The van der Waals surface area contributed by atoms with Crippen molar-refractivity contribution in [3.8, 4) is 0 Å². The van der Waals surface area contributed by atoms with Gasteiger partial charge in [-0.25, -0.2) is 15.0 Å². The minimum absolute atomic E-state index is 0.00799. The normalized spacial score (nSPS) is 28.9. The van der Waals surface area contributed by atoms with Gasteiger partial charge >= 0.3 is 0 Å². The number of hydrogen-bond acceptors (Lipinski definition) is 7. The summed E-state index contributed by atoms with van der Waals surface area (Å²) in [6.07, 6.45) is 10.7. The number of nitrogens with two attached hydrogens (primary N) is 1. The smallest absolute Gasteiger partial charge is 0.145 e. The van der Waals surface area contributed by atoms with E-state index in [1.54, 1.807) is 0 Å². The summed E-state index contributed by atoms with van der Waals surface area (Å²) in [4.78, 5) is 18.9. The van der Waals surface area contributed by atoms with E-state index in [4.69, 9.17) is 10.7 Å². The number of halogens is 1. The fraction of sp³-hybridized carbons (Fsp3) is 0.519. The van der Waals surface area contributed by atoms with Gasteiger partial charge in [0.2, 0.25) is 0 Å². The van der Waals surface area contributed by atoms with E-state index in [0.717, 1.165) is 58.6 Å². The third kappa shape index (κ3) is 5.25. The highest BCUT2D eigenvalue weighted by Gasteiger charge is 2.44. The highest BCUT2D eigenvalue weighted by Crippen LogP contribution is 2.40. The van der Waals surface area contributed by atoms with E-state index in [2.05, 4.69) is 49.4 Å². The van der Waals surface area contributed by atoms with Crippen molar-refractivity contribution in [2.45, 2.75) is 63.3 Å². The molecule has 3 heterocycles.